The van der Waals surface area contributed by atoms with Crippen LogP contribution in [0.3, 0.4) is 0 Å². The van der Waals surface area contributed by atoms with Crippen LogP contribution in [-0.2, 0) is 32.6 Å². The fourth-order valence-electron chi connectivity index (χ4n) is 4.66. The zero-order valence-electron chi connectivity index (χ0n) is 24.0. The number of sulfonamides is 1. The van der Waals surface area contributed by atoms with Crippen molar-refractivity contribution in [3.8, 4) is 5.75 Å². The molecule has 41 heavy (non-hydrogen) atoms. The molecule has 2 amide bonds. The van der Waals surface area contributed by atoms with Gasteiger partial charge in [-0.15, -0.1) is 0 Å². The van der Waals surface area contributed by atoms with Gasteiger partial charge in [0.2, 0.25) is 21.8 Å². The van der Waals surface area contributed by atoms with Crippen LogP contribution >= 0.6 is 11.6 Å². The van der Waals surface area contributed by atoms with Crippen LogP contribution in [0.15, 0.2) is 72.8 Å². The first-order valence-electron chi connectivity index (χ1n) is 13.5. The molecule has 0 spiro atoms. The van der Waals surface area contributed by atoms with E-state index in [9.17, 15) is 18.0 Å². The largest absolute Gasteiger partial charge is 0.497 e. The molecule has 0 bridgehead atoms. The van der Waals surface area contributed by atoms with Gasteiger partial charge in [0, 0.05) is 37.5 Å². The van der Waals surface area contributed by atoms with E-state index in [1.807, 2.05) is 61.5 Å². The standard InChI is InChI=1S/C31H38ClN3O5S/c1-5-33-31(37)29(21-24-12-7-6-8-13-24)34(22-25-14-9-15-26(20-25)40-3)30(36)18-11-19-35(41(4,38)39)28-17-10-16-27(32)23(28)2/h6-10,12-17,20,29H,5,11,18-19,21-22H2,1-4H3,(H,33,37)/t29-/m0/s1. The van der Waals surface area contributed by atoms with E-state index >= 15 is 0 Å². The second kappa shape index (κ2) is 14.9. The van der Waals surface area contributed by atoms with Crippen molar-refractivity contribution in [2.45, 2.75) is 45.7 Å². The van der Waals surface area contributed by atoms with Crippen molar-refractivity contribution in [1.82, 2.24) is 10.2 Å². The summed E-state index contributed by atoms with van der Waals surface area (Å²) in [6.07, 6.45) is 1.76. The Kier molecular flexibility index (Phi) is 11.6. The van der Waals surface area contributed by atoms with E-state index in [0.29, 0.717) is 35.0 Å². The average Bonchev–Trinajstić information content (AvgIpc) is 2.95. The number of hydrogen-bond acceptors (Lipinski definition) is 5. The van der Waals surface area contributed by atoms with Gasteiger partial charge in [-0.3, -0.25) is 13.9 Å². The molecule has 0 aliphatic carbocycles. The smallest absolute Gasteiger partial charge is 0.243 e. The summed E-state index contributed by atoms with van der Waals surface area (Å²) in [5.74, 6) is 0.143. The highest BCUT2D eigenvalue weighted by molar-refractivity contribution is 7.92. The minimum Gasteiger partial charge on any atom is -0.497 e. The number of halogens is 1. The minimum atomic E-state index is -3.64. The van der Waals surface area contributed by atoms with Crippen molar-refractivity contribution in [2.24, 2.45) is 0 Å². The van der Waals surface area contributed by atoms with Gasteiger partial charge < -0.3 is 15.0 Å². The molecule has 0 saturated carbocycles. The Bertz CT molecular complexity index is 1430. The third-order valence-electron chi connectivity index (χ3n) is 6.77. The lowest BCUT2D eigenvalue weighted by Gasteiger charge is -2.32. The maximum atomic E-state index is 13.9. The first-order valence-corrected chi connectivity index (χ1v) is 15.7. The molecule has 0 aromatic heterocycles. The number of nitrogens with one attached hydrogen (secondary N) is 1. The van der Waals surface area contributed by atoms with Crippen LogP contribution in [0.4, 0.5) is 5.69 Å². The van der Waals surface area contributed by atoms with E-state index in [4.69, 9.17) is 16.3 Å². The van der Waals surface area contributed by atoms with Crippen molar-refractivity contribution in [3.05, 3.63) is 94.5 Å². The molecule has 0 aliphatic rings. The topological polar surface area (TPSA) is 96.0 Å². The van der Waals surface area contributed by atoms with Crippen molar-refractivity contribution < 1.29 is 22.7 Å². The highest BCUT2D eigenvalue weighted by Crippen LogP contribution is 2.28. The van der Waals surface area contributed by atoms with Crippen LogP contribution in [0.1, 0.15) is 36.5 Å². The van der Waals surface area contributed by atoms with Gasteiger partial charge >= 0.3 is 0 Å². The monoisotopic (exact) mass is 599 g/mol. The van der Waals surface area contributed by atoms with Crippen LogP contribution < -0.4 is 14.4 Å². The van der Waals surface area contributed by atoms with E-state index in [1.165, 1.54) is 4.31 Å². The average molecular weight is 600 g/mol. The number of methoxy groups -OCH3 is 1. The summed E-state index contributed by atoms with van der Waals surface area (Å²) in [5.41, 5.74) is 2.86. The van der Waals surface area contributed by atoms with E-state index < -0.39 is 16.1 Å². The molecule has 0 heterocycles. The Hall–Kier alpha value is -3.56. The molecule has 3 rings (SSSR count). The summed E-state index contributed by atoms with van der Waals surface area (Å²) in [6.45, 7) is 4.30. The normalized spacial score (nSPS) is 11.9. The summed E-state index contributed by atoms with van der Waals surface area (Å²) >= 11 is 6.26. The fourth-order valence-corrected chi connectivity index (χ4v) is 5.85. The van der Waals surface area contributed by atoms with Gasteiger partial charge in [-0.1, -0.05) is 60.1 Å². The van der Waals surface area contributed by atoms with Crippen LogP contribution in [0.25, 0.3) is 0 Å². The third-order valence-corrected chi connectivity index (χ3v) is 8.36. The fraction of sp³-hybridized carbons (Fsp3) is 0.355. The Morgan fingerprint density at radius 2 is 1.68 bits per heavy atom. The van der Waals surface area contributed by atoms with Gasteiger partial charge in [-0.25, -0.2) is 8.42 Å². The molecule has 1 atom stereocenters. The summed E-state index contributed by atoms with van der Waals surface area (Å²) in [4.78, 5) is 28.8. The zero-order valence-corrected chi connectivity index (χ0v) is 25.5. The number of ether oxygens (including phenoxy) is 1. The van der Waals surface area contributed by atoms with Crippen LogP contribution in [0.5, 0.6) is 5.75 Å². The van der Waals surface area contributed by atoms with Gasteiger partial charge in [0.1, 0.15) is 11.8 Å². The summed E-state index contributed by atoms with van der Waals surface area (Å²) in [5, 5.41) is 3.34. The van der Waals surface area contributed by atoms with Crippen LogP contribution in [0.2, 0.25) is 5.02 Å². The molecule has 0 unspecified atom stereocenters. The maximum absolute atomic E-state index is 13.9. The Morgan fingerprint density at radius 3 is 2.34 bits per heavy atom. The molecule has 3 aromatic carbocycles. The highest BCUT2D eigenvalue weighted by atomic mass is 35.5. The number of rotatable bonds is 14. The number of carbonyl (C=O) groups excluding carboxylic acids is 2. The van der Waals surface area contributed by atoms with Crippen molar-refractivity contribution in [1.29, 1.82) is 0 Å². The number of hydrogen-bond donors (Lipinski definition) is 1. The number of carbonyl (C=O) groups is 2. The van der Waals surface area contributed by atoms with Gasteiger partial charge in [0.05, 0.1) is 19.1 Å². The van der Waals surface area contributed by atoms with Crippen molar-refractivity contribution in [2.75, 3.05) is 30.8 Å². The molecule has 3 aromatic rings. The highest BCUT2D eigenvalue weighted by Gasteiger charge is 2.30. The number of benzene rings is 3. The minimum absolute atomic E-state index is 0.0420. The van der Waals surface area contributed by atoms with Crippen LogP contribution in [0, 0.1) is 6.92 Å². The Balaban J connectivity index is 1.90. The molecule has 220 valence electrons. The molecule has 1 N–H and O–H groups in total. The third kappa shape index (κ3) is 8.96. The predicted octanol–water partition coefficient (Wildman–Crippen LogP) is 4.98. The number of amides is 2. The van der Waals surface area contributed by atoms with E-state index in [2.05, 4.69) is 5.32 Å². The SMILES string of the molecule is CCNC(=O)[C@H](Cc1ccccc1)N(Cc1cccc(OC)c1)C(=O)CCCN(c1cccc(Cl)c1C)S(C)(=O)=O. The lowest BCUT2D eigenvalue weighted by molar-refractivity contribution is -0.141. The van der Waals surface area contributed by atoms with Crippen LogP contribution in [-0.4, -0.2) is 57.6 Å². The second-order valence-electron chi connectivity index (χ2n) is 9.80. The lowest BCUT2D eigenvalue weighted by atomic mass is 10.0. The quantitative estimate of drug-likeness (QED) is 0.282. The molecule has 10 heteroatoms. The summed E-state index contributed by atoms with van der Waals surface area (Å²) in [7, 11) is -2.06. The summed E-state index contributed by atoms with van der Waals surface area (Å²) < 4.78 is 32.0. The number of nitrogens with zero attached hydrogens (tertiary/aromatic N) is 2. The second-order valence-corrected chi connectivity index (χ2v) is 12.1. The van der Waals surface area contributed by atoms with Gasteiger partial charge in [0.15, 0.2) is 0 Å². The van der Waals surface area contributed by atoms with E-state index in [-0.39, 0.29) is 37.7 Å². The predicted molar refractivity (Wildman–Crippen MR) is 164 cm³/mol. The summed E-state index contributed by atoms with van der Waals surface area (Å²) in [6, 6.07) is 21.3. The molecule has 0 radical (unpaired) electrons. The van der Waals surface area contributed by atoms with Crippen molar-refractivity contribution >= 4 is 39.1 Å². The molecule has 0 fully saturated rings. The molecular weight excluding hydrogens is 562 g/mol. The van der Waals surface area contributed by atoms with Gasteiger partial charge in [0.25, 0.3) is 0 Å². The first-order chi connectivity index (χ1) is 19.5. The molecule has 0 saturated heterocycles. The zero-order chi connectivity index (χ0) is 30.0. The Morgan fingerprint density at radius 1 is 1.00 bits per heavy atom. The molecule has 0 aliphatic heterocycles. The van der Waals surface area contributed by atoms with Gasteiger partial charge in [-0.05, 0) is 61.2 Å². The van der Waals surface area contributed by atoms with E-state index in [1.54, 1.807) is 37.1 Å². The van der Waals surface area contributed by atoms with Gasteiger partial charge in [-0.2, -0.15) is 0 Å². The lowest BCUT2D eigenvalue weighted by Crippen LogP contribution is -2.50. The Labute approximate surface area is 248 Å². The van der Waals surface area contributed by atoms with E-state index in [0.717, 1.165) is 17.4 Å². The molecule has 8 nitrogen and oxygen atoms in total. The maximum Gasteiger partial charge on any atom is 0.243 e. The molecular formula is C31H38ClN3O5S. The first kappa shape index (κ1) is 32.0. The van der Waals surface area contributed by atoms with Crippen molar-refractivity contribution in [3.63, 3.8) is 0 Å². The number of anilines is 1. The number of likely N-dealkylation sites (N-methyl/N-ethyl adjacent to an activating group) is 1.